The van der Waals surface area contributed by atoms with E-state index in [1.807, 2.05) is 18.2 Å². The smallest absolute Gasteiger partial charge is 0.179 e. The highest BCUT2D eigenvalue weighted by Gasteiger charge is 2.11. The quantitative estimate of drug-likeness (QED) is 0.773. The minimum Gasteiger partial charge on any atom is -0.493 e. The molecule has 0 fully saturated rings. The molecule has 0 aliphatic rings. The molecule has 23 heavy (non-hydrogen) atoms. The van der Waals surface area contributed by atoms with E-state index in [0.717, 1.165) is 24.9 Å². The van der Waals surface area contributed by atoms with Gasteiger partial charge in [-0.25, -0.2) is 0 Å². The summed E-state index contributed by atoms with van der Waals surface area (Å²) in [6.07, 6.45) is 2.16. The Hall–Kier alpha value is -1.71. The van der Waals surface area contributed by atoms with Gasteiger partial charge < -0.3 is 14.8 Å². The topological polar surface area (TPSA) is 30.5 Å². The summed E-state index contributed by atoms with van der Waals surface area (Å²) in [5.74, 6) is 1.24. The summed E-state index contributed by atoms with van der Waals surface area (Å²) >= 11 is 6.24. The Bertz CT molecular complexity index is 616. The van der Waals surface area contributed by atoms with Crippen molar-refractivity contribution >= 4 is 11.6 Å². The van der Waals surface area contributed by atoms with Crippen LogP contribution in [0.2, 0.25) is 5.02 Å². The highest BCUT2D eigenvalue weighted by Crippen LogP contribution is 2.35. The Morgan fingerprint density at radius 1 is 1.04 bits per heavy atom. The molecule has 0 saturated carbocycles. The summed E-state index contributed by atoms with van der Waals surface area (Å²) in [5, 5.41) is 4.10. The fraction of sp³-hybridized carbons (Fsp3) is 0.368. The molecule has 2 aromatic rings. The van der Waals surface area contributed by atoms with Crippen molar-refractivity contribution in [2.24, 2.45) is 0 Å². The Kier molecular flexibility index (Phi) is 6.75. The zero-order valence-corrected chi connectivity index (χ0v) is 14.7. The molecule has 0 radical (unpaired) electrons. The second-order valence-corrected chi connectivity index (χ2v) is 6.03. The molecule has 4 heteroatoms. The molecule has 1 unspecified atom stereocenters. The molecule has 0 aliphatic carbocycles. The zero-order chi connectivity index (χ0) is 16.7. The van der Waals surface area contributed by atoms with Crippen molar-refractivity contribution in [3.05, 3.63) is 58.6 Å². The molecule has 124 valence electrons. The van der Waals surface area contributed by atoms with Gasteiger partial charge in [0.1, 0.15) is 0 Å². The zero-order valence-electron chi connectivity index (χ0n) is 13.9. The lowest BCUT2D eigenvalue weighted by molar-refractivity contribution is 0.354. The Morgan fingerprint density at radius 3 is 2.43 bits per heavy atom. The number of methoxy groups -OCH3 is 2. The van der Waals surface area contributed by atoms with Gasteiger partial charge >= 0.3 is 0 Å². The van der Waals surface area contributed by atoms with Gasteiger partial charge in [-0.2, -0.15) is 0 Å². The predicted molar refractivity (Wildman–Crippen MR) is 95.6 cm³/mol. The van der Waals surface area contributed by atoms with E-state index in [1.165, 1.54) is 5.56 Å². The molecule has 0 aliphatic heterocycles. The van der Waals surface area contributed by atoms with Gasteiger partial charge in [0.15, 0.2) is 11.5 Å². The molecule has 3 nitrogen and oxygen atoms in total. The third kappa shape index (κ3) is 5.15. The first-order valence-corrected chi connectivity index (χ1v) is 8.19. The average Bonchev–Trinajstić information content (AvgIpc) is 2.58. The second kappa shape index (κ2) is 8.80. The molecule has 0 spiro atoms. The number of hydrogen-bond donors (Lipinski definition) is 1. The van der Waals surface area contributed by atoms with Gasteiger partial charge in [-0.15, -0.1) is 0 Å². The van der Waals surface area contributed by atoms with Gasteiger partial charge in [0.2, 0.25) is 0 Å². The second-order valence-electron chi connectivity index (χ2n) is 5.62. The molecular weight excluding hydrogens is 310 g/mol. The van der Waals surface area contributed by atoms with Crippen molar-refractivity contribution in [3.8, 4) is 11.5 Å². The van der Waals surface area contributed by atoms with E-state index in [9.17, 15) is 0 Å². The van der Waals surface area contributed by atoms with Gasteiger partial charge in [0.25, 0.3) is 0 Å². The van der Waals surface area contributed by atoms with Crippen LogP contribution in [0.25, 0.3) is 0 Å². The maximum Gasteiger partial charge on any atom is 0.179 e. The fourth-order valence-electron chi connectivity index (χ4n) is 2.50. The summed E-state index contributed by atoms with van der Waals surface area (Å²) in [6.45, 7) is 2.95. The Morgan fingerprint density at radius 2 is 1.78 bits per heavy atom. The van der Waals surface area contributed by atoms with Crippen molar-refractivity contribution in [2.75, 3.05) is 14.2 Å². The first kappa shape index (κ1) is 17.6. The van der Waals surface area contributed by atoms with Crippen molar-refractivity contribution in [1.82, 2.24) is 5.32 Å². The number of rotatable bonds is 8. The van der Waals surface area contributed by atoms with Gasteiger partial charge in [0.05, 0.1) is 19.2 Å². The van der Waals surface area contributed by atoms with Gasteiger partial charge in [-0.05, 0) is 43.0 Å². The molecule has 0 heterocycles. The fourth-order valence-corrected chi connectivity index (χ4v) is 2.81. The van der Waals surface area contributed by atoms with Gasteiger partial charge in [0, 0.05) is 12.6 Å². The van der Waals surface area contributed by atoms with Crippen LogP contribution >= 0.6 is 11.6 Å². The van der Waals surface area contributed by atoms with Crippen LogP contribution < -0.4 is 14.8 Å². The van der Waals surface area contributed by atoms with E-state index in [0.29, 0.717) is 22.6 Å². The molecule has 0 amide bonds. The van der Waals surface area contributed by atoms with Crippen molar-refractivity contribution in [3.63, 3.8) is 0 Å². The average molecular weight is 334 g/mol. The van der Waals surface area contributed by atoms with E-state index >= 15 is 0 Å². The van der Waals surface area contributed by atoms with E-state index in [1.54, 1.807) is 14.2 Å². The van der Waals surface area contributed by atoms with Gasteiger partial charge in [-0.3, -0.25) is 0 Å². The van der Waals surface area contributed by atoms with E-state index in [2.05, 4.69) is 36.5 Å². The highest BCUT2D eigenvalue weighted by atomic mass is 35.5. The first-order valence-electron chi connectivity index (χ1n) is 7.81. The van der Waals surface area contributed by atoms with Crippen LogP contribution in [0.15, 0.2) is 42.5 Å². The summed E-state index contributed by atoms with van der Waals surface area (Å²) < 4.78 is 10.6. The summed E-state index contributed by atoms with van der Waals surface area (Å²) in [5.41, 5.74) is 2.45. The Balaban J connectivity index is 1.89. The van der Waals surface area contributed by atoms with E-state index in [-0.39, 0.29) is 0 Å². The third-order valence-corrected chi connectivity index (χ3v) is 4.14. The van der Waals surface area contributed by atoms with Gasteiger partial charge in [-0.1, -0.05) is 41.9 Å². The molecule has 1 atom stereocenters. The van der Waals surface area contributed by atoms with Crippen LogP contribution in [0.5, 0.6) is 11.5 Å². The monoisotopic (exact) mass is 333 g/mol. The van der Waals surface area contributed by atoms with Crippen LogP contribution in [0.1, 0.15) is 24.5 Å². The summed E-state index contributed by atoms with van der Waals surface area (Å²) in [6, 6.07) is 14.8. The van der Waals surface area contributed by atoms with E-state index < -0.39 is 0 Å². The van der Waals surface area contributed by atoms with Crippen LogP contribution in [-0.4, -0.2) is 20.3 Å². The van der Waals surface area contributed by atoms with Crippen molar-refractivity contribution in [2.45, 2.75) is 32.4 Å². The largest absolute Gasteiger partial charge is 0.493 e. The number of hydrogen-bond acceptors (Lipinski definition) is 3. The number of ether oxygens (including phenoxy) is 2. The number of halogens is 1. The number of nitrogens with one attached hydrogen (secondary N) is 1. The van der Waals surface area contributed by atoms with Crippen molar-refractivity contribution in [1.29, 1.82) is 0 Å². The molecule has 2 rings (SSSR count). The normalized spacial score (nSPS) is 12.0. The SMILES string of the molecule is COc1cc(CNC(C)CCc2ccccc2)cc(Cl)c1OC. The van der Waals surface area contributed by atoms with Crippen LogP contribution in [0.4, 0.5) is 0 Å². The lowest BCUT2D eigenvalue weighted by Crippen LogP contribution is -2.26. The minimum atomic E-state index is 0.419. The maximum absolute atomic E-state index is 6.24. The molecule has 0 bridgehead atoms. The van der Waals surface area contributed by atoms with Crippen LogP contribution in [0, 0.1) is 0 Å². The predicted octanol–water partition coefficient (Wildman–Crippen LogP) is 4.47. The molecule has 0 aromatic heterocycles. The van der Waals surface area contributed by atoms with E-state index in [4.69, 9.17) is 21.1 Å². The molecule has 1 N–H and O–H groups in total. The summed E-state index contributed by atoms with van der Waals surface area (Å²) in [7, 11) is 3.21. The third-order valence-electron chi connectivity index (χ3n) is 3.86. The number of aryl methyl sites for hydroxylation is 1. The van der Waals surface area contributed by atoms with Crippen LogP contribution in [0.3, 0.4) is 0 Å². The lowest BCUT2D eigenvalue weighted by Gasteiger charge is -2.16. The lowest BCUT2D eigenvalue weighted by atomic mass is 10.1. The van der Waals surface area contributed by atoms with Crippen LogP contribution in [-0.2, 0) is 13.0 Å². The standard InChI is InChI=1S/C19H24ClNO2/c1-14(9-10-15-7-5-4-6-8-15)21-13-16-11-17(20)19(23-3)18(12-16)22-2/h4-8,11-12,14,21H,9-10,13H2,1-3H3. The number of benzene rings is 2. The Labute approximate surface area is 143 Å². The molecular formula is C19H24ClNO2. The molecule has 2 aromatic carbocycles. The van der Waals surface area contributed by atoms with Crippen molar-refractivity contribution < 1.29 is 9.47 Å². The summed E-state index contributed by atoms with van der Waals surface area (Å²) in [4.78, 5) is 0. The maximum atomic E-state index is 6.24. The highest BCUT2D eigenvalue weighted by molar-refractivity contribution is 6.32. The molecule has 0 saturated heterocycles. The first-order chi connectivity index (χ1) is 11.1. The minimum absolute atomic E-state index is 0.419.